The van der Waals surface area contributed by atoms with Crippen LogP contribution in [0.2, 0.25) is 0 Å². The molecule has 0 heterocycles. The molecule has 0 spiro atoms. The molecule has 1 fully saturated rings. The Hall–Kier alpha value is -1.62. The van der Waals surface area contributed by atoms with E-state index in [1.807, 2.05) is 0 Å². The van der Waals surface area contributed by atoms with Gasteiger partial charge in [-0.15, -0.1) is 0 Å². The van der Waals surface area contributed by atoms with Crippen LogP contribution in [0.15, 0.2) is 24.3 Å². The largest absolute Gasteiger partial charge is 0.491 e. The summed E-state index contributed by atoms with van der Waals surface area (Å²) in [7, 11) is 0. The normalized spacial score (nSPS) is 26.9. The van der Waals surface area contributed by atoms with Crippen molar-refractivity contribution in [1.82, 2.24) is 0 Å². The molecule has 1 aliphatic rings. The maximum atomic E-state index is 12.7. The molecule has 1 aromatic carbocycles. The molecule has 0 amide bonds. The lowest BCUT2D eigenvalue weighted by atomic mass is 9.79. The summed E-state index contributed by atoms with van der Waals surface area (Å²) in [4.78, 5) is 10.8. The zero-order chi connectivity index (χ0) is 13.9. The minimum Gasteiger partial charge on any atom is -0.491 e. The zero-order valence-electron chi connectivity index (χ0n) is 10.5. The Morgan fingerprint density at radius 2 is 1.89 bits per heavy atom. The molecule has 1 saturated carbocycles. The quantitative estimate of drug-likeness (QED) is 0.878. The molecular weight excluding hydrogens is 251 g/mol. The van der Waals surface area contributed by atoms with Crippen molar-refractivity contribution in [2.75, 3.05) is 6.61 Å². The third-order valence-electron chi connectivity index (χ3n) is 3.59. The molecule has 4 nitrogen and oxygen atoms in total. The topological polar surface area (TPSA) is 66.8 Å². The highest BCUT2D eigenvalue weighted by Crippen LogP contribution is 2.32. The highest BCUT2D eigenvalue weighted by Gasteiger charge is 2.36. The van der Waals surface area contributed by atoms with Crippen LogP contribution in [-0.4, -0.2) is 28.4 Å². The predicted octanol–water partition coefficient (Wildman–Crippen LogP) is 2.21. The van der Waals surface area contributed by atoms with Crippen LogP contribution in [0.3, 0.4) is 0 Å². The van der Waals surface area contributed by atoms with Crippen molar-refractivity contribution in [3.63, 3.8) is 0 Å². The monoisotopic (exact) mass is 268 g/mol. The minimum absolute atomic E-state index is 0.102. The summed E-state index contributed by atoms with van der Waals surface area (Å²) >= 11 is 0. The lowest BCUT2D eigenvalue weighted by Crippen LogP contribution is -2.41. The van der Waals surface area contributed by atoms with Crippen LogP contribution >= 0.6 is 0 Å². The molecule has 0 atom stereocenters. The number of halogens is 1. The van der Waals surface area contributed by atoms with Gasteiger partial charge in [0.25, 0.3) is 0 Å². The molecule has 0 saturated heterocycles. The first-order valence-electron chi connectivity index (χ1n) is 6.32. The van der Waals surface area contributed by atoms with Crippen LogP contribution in [0.25, 0.3) is 0 Å². The predicted molar refractivity (Wildman–Crippen MR) is 66.4 cm³/mol. The van der Waals surface area contributed by atoms with Crippen LogP contribution in [0.4, 0.5) is 4.39 Å². The third-order valence-corrected chi connectivity index (χ3v) is 3.59. The highest BCUT2D eigenvalue weighted by atomic mass is 19.1. The zero-order valence-corrected chi connectivity index (χ0v) is 10.5. The Kier molecular flexibility index (Phi) is 4.04. The molecule has 0 bridgehead atoms. The lowest BCUT2D eigenvalue weighted by Gasteiger charge is -2.34. The second-order valence-corrected chi connectivity index (χ2v) is 5.08. The molecule has 104 valence electrons. The van der Waals surface area contributed by atoms with E-state index in [0.717, 1.165) is 0 Å². The van der Waals surface area contributed by atoms with Crippen molar-refractivity contribution in [1.29, 1.82) is 0 Å². The number of benzene rings is 1. The summed E-state index contributed by atoms with van der Waals surface area (Å²) in [5.41, 5.74) is -0.986. The first-order valence-corrected chi connectivity index (χ1v) is 6.32. The summed E-state index contributed by atoms with van der Waals surface area (Å²) in [5, 5.41) is 19.2. The molecule has 1 aromatic rings. The summed E-state index contributed by atoms with van der Waals surface area (Å²) in [5.74, 6) is -1.02. The van der Waals surface area contributed by atoms with E-state index in [1.165, 1.54) is 24.3 Å². The van der Waals surface area contributed by atoms with Gasteiger partial charge in [0.05, 0.1) is 11.5 Å². The number of rotatable bonds is 4. The fraction of sp³-hybridized carbons (Fsp3) is 0.500. The van der Waals surface area contributed by atoms with E-state index in [9.17, 15) is 14.3 Å². The first kappa shape index (κ1) is 13.8. The van der Waals surface area contributed by atoms with Crippen molar-refractivity contribution in [2.24, 2.45) is 5.92 Å². The smallest absolute Gasteiger partial charge is 0.306 e. The minimum atomic E-state index is -0.986. The summed E-state index contributed by atoms with van der Waals surface area (Å²) in [6, 6.07) is 5.59. The maximum Gasteiger partial charge on any atom is 0.306 e. The molecule has 1 aliphatic carbocycles. The van der Waals surface area contributed by atoms with Gasteiger partial charge in [-0.2, -0.15) is 0 Å². The molecular formula is C14H17FO4. The summed E-state index contributed by atoms with van der Waals surface area (Å²) in [6.07, 6.45) is 1.73. The lowest BCUT2D eigenvalue weighted by molar-refractivity contribution is -0.145. The van der Waals surface area contributed by atoms with E-state index in [1.54, 1.807) is 0 Å². The number of aliphatic carboxylic acids is 1. The number of aliphatic hydroxyl groups is 1. The van der Waals surface area contributed by atoms with Crippen LogP contribution in [0, 0.1) is 11.7 Å². The van der Waals surface area contributed by atoms with Crippen molar-refractivity contribution >= 4 is 5.97 Å². The molecule has 2 N–H and O–H groups in total. The second-order valence-electron chi connectivity index (χ2n) is 5.08. The van der Waals surface area contributed by atoms with Gasteiger partial charge in [-0.05, 0) is 49.9 Å². The number of carboxylic acids is 1. The van der Waals surface area contributed by atoms with Crippen LogP contribution < -0.4 is 4.74 Å². The van der Waals surface area contributed by atoms with Gasteiger partial charge in [-0.3, -0.25) is 4.79 Å². The SMILES string of the molecule is O=C(O)C1CCC(O)(COc2ccc(F)cc2)CC1. The first-order chi connectivity index (χ1) is 8.98. The van der Waals surface area contributed by atoms with Gasteiger partial charge in [0, 0.05) is 0 Å². The number of carbonyl (C=O) groups is 1. The molecule has 19 heavy (non-hydrogen) atoms. The maximum absolute atomic E-state index is 12.7. The Labute approximate surface area is 110 Å². The van der Waals surface area contributed by atoms with Crippen LogP contribution in [0.5, 0.6) is 5.75 Å². The van der Waals surface area contributed by atoms with Crippen molar-refractivity contribution in [2.45, 2.75) is 31.3 Å². The van der Waals surface area contributed by atoms with Crippen molar-refractivity contribution < 1.29 is 24.1 Å². The standard InChI is InChI=1S/C14H17FO4/c15-11-1-3-12(4-2-11)19-9-14(18)7-5-10(6-8-14)13(16)17/h1-4,10,18H,5-9H2,(H,16,17). The van der Waals surface area contributed by atoms with Gasteiger partial charge in [-0.25, -0.2) is 4.39 Å². The molecule has 0 aromatic heterocycles. The fourth-order valence-corrected chi connectivity index (χ4v) is 2.29. The van der Waals surface area contributed by atoms with E-state index in [2.05, 4.69) is 0 Å². The highest BCUT2D eigenvalue weighted by molar-refractivity contribution is 5.70. The fourth-order valence-electron chi connectivity index (χ4n) is 2.29. The number of hydrogen-bond donors (Lipinski definition) is 2. The van der Waals surface area contributed by atoms with Crippen molar-refractivity contribution in [3.05, 3.63) is 30.1 Å². The van der Waals surface area contributed by atoms with Crippen molar-refractivity contribution in [3.8, 4) is 5.75 Å². The Bertz CT molecular complexity index is 435. The van der Waals surface area contributed by atoms with Crippen LogP contribution in [0.1, 0.15) is 25.7 Å². The van der Waals surface area contributed by atoms with E-state index < -0.39 is 11.6 Å². The average molecular weight is 268 g/mol. The van der Waals surface area contributed by atoms with Gasteiger partial charge in [0.1, 0.15) is 18.2 Å². The van der Waals surface area contributed by atoms with Gasteiger partial charge in [0.15, 0.2) is 0 Å². The number of hydrogen-bond acceptors (Lipinski definition) is 3. The molecule has 2 rings (SSSR count). The van der Waals surface area contributed by atoms with E-state index >= 15 is 0 Å². The third kappa shape index (κ3) is 3.67. The Morgan fingerprint density at radius 1 is 1.32 bits per heavy atom. The summed E-state index contributed by atoms with van der Waals surface area (Å²) < 4.78 is 18.2. The van der Waals surface area contributed by atoms with Gasteiger partial charge >= 0.3 is 5.97 Å². The molecule has 0 aliphatic heterocycles. The molecule has 0 radical (unpaired) electrons. The Morgan fingerprint density at radius 3 is 2.42 bits per heavy atom. The van der Waals surface area contributed by atoms with E-state index in [-0.39, 0.29) is 18.3 Å². The van der Waals surface area contributed by atoms with E-state index in [0.29, 0.717) is 31.4 Å². The average Bonchev–Trinajstić information content (AvgIpc) is 2.39. The second kappa shape index (κ2) is 5.57. The molecule has 5 heteroatoms. The number of ether oxygens (including phenoxy) is 1. The van der Waals surface area contributed by atoms with Gasteiger partial charge in [-0.1, -0.05) is 0 Å². The van der Waals surface area contributed by atoms with Gasteiger partial charge in [0.2, 0.25) is 0 Å². The molecule has 0 unspecified atom stereocenters. The Balaban J connectivity index is 1.86. The van der Waals surface area contributed by atoms with Gasteiger partial charge < -0.3 is 14.9 Å². The van der Waals surface area contributed by atoms with E-state index in [4.69, 9.17) is 9.84 Å². The summed E-state index contributed by atoms with van der Waals surface area (Å²) in [6.45, 7) is 0.102. The number of carboxylic acid groups (broad SMARTS) is 1. The van der Waals surface area contributed by atoms with Crippen LogP contribution in [-0.2, 0) is 4.79 Å².